The van der Waals surface area contributed by atoms with Crippen LogP contribution in [0.4, 0.5) is 0 Å². The van der Waals surface area contributed by atoms with E-state index in [1.807, 2.05) is 0 Å². The largest absolute Gasteiger partial charge is 0.356 e. The van der Waals surface area contributed by atoms with Gasteiger partial charge >= 0.3 is 0 Å². The molecule has 0 aromatic rings. The van der Waals surface area contributed by atoms with Crippen molar-refractivity contribution in [2.75, 3.05) is 6.54 Å². The molecule has 1 fully saturated rings. The number of rotatable bonds is 3. The topological polar surface area (TPSA) is 52.9 Å². The zero-order valence-electron chi connectivity index (χ0n) is 9.72. The molecule has 0 unspecified atom stereocenters. The third-order valence-corrected chi connectivity index (χ3v) is 2.29. The van der Waals surface area contributed by atoms with Gasteiger partial charge in [-0.1, -0.05) is 26.2 Å². The van der Waals surface area contributed by atoms with Gasteiger partial charge in [-0.25, -0.2) is 0 Å². The van der Waals surface area contributed by atoms with Gasteiger partial charge in [0.25, 0.3) is 0 Å². The highest BCUT2D eigenvalue weighted by atomic mass is 16.1. The molecule has 86 valence electrons. The standard InChI is InChI=1S/C6H11NO.C6H11N/c8-6-4-2-1-3-5-7-6;1-2-3-4-5-6-7/h1-5H2,(H,7,8);2-5H2,1H3. The van der Waals surface area contributed by atoms with Gasteiger partial charge in [0.1, 0.15) is 0 Å². The first-order valence-corrected chi connectivity index (χ1v) is 5.95. The molecule has 1 aliphatic heterocycles. The molecule has 0 aromatic carbocycles. The molecule has 0 aromatic heterocycles. The van der Waals surface area contributed by atoms with Crippen LogP contribution in [-0.2, 0) is 4.79 Å². The molecule has 1 heterocycles. The van der Waals surface area contributed by atoms with Crippen molar-refractivity contribution >= 4 is 5.91 Å². The minimum atomic E-state index is 0.225. The van der Waals surface area contributed by atoms with E-state index in [1.54, 1.807) is 0 Å². The lowest BCUT2D eigenvalue weighted by Gasteiger charge is -1.93. The number of nitrogens with one attached hydrogen (secondary N) is 1. The minimum Gasteiger partial charge on any atom is -0.356 e. The Kier molecular flexibility index (Phi) is 10.3. The van der Waals surface area contributed by atoms with Crippen LogP contribution in [-0.4, -0.2) is 12.5 Å². The molecule has 1 amide bonds. The summed E-state index contributed by atoms with van der Waals surface area (Å²) < 4.78 is 0. The van der Waals surface area contributed by atoms with E-state index < -0.39 is 0 Å². The van der Waals surface area contributed by atoms with Crippen LogP contribution in [0.25, 0.3) is 0 Å². The predicted molar refractivity (Wildman–Crippen MR) is 61.2 cm³/mol. The summed E-state index contributed by atoms with van der Waals surface area (Å²) in [4.78, 5) is 10.6. The molecule has 0 radical (unpaired) electrons. The third kappa shape index (κ3) is 10.9. The van der Waals surface area contributed by atoms with Crippen LogP contribution >= 0.6 is 0 Å². The molecule has 1 saturated heterocycles. The maximum absolute atomic E-state index is 10.6. The Labute approximate surface area is 92.9 Å². The van der Waals surface area contributed by atoms with Crippen molar-refractivity contribution in [3.63, 3.8) is 0 Å². The summed E-state index contributed by atoms with van der Waals surface area (Å²) in [6.45, 7) is 3.02. The molecular formula is C12H22N2O. The van der Waals surface area contributed by atoms with Crippen LogP contribution in [0.3, 0.4) is 0 Å². The Hall–Kier alpha value is -1.04. The zero-order valence-corrected chi connectivity index (χ0v) is 9.72. The van der Waals surface area contributed by atoms with Gasteiger partial charge in [0, 0.05) is 19.4 Å². The molecule has 1 N–H and O–H groups in total. The third-order valence-electron chi connectivity index (χ3n) is 2.29. The van der Waals surface area contributed by atoms with Gasteiger partial charge in [-0.05, 0) is 19.3 Å². The second-order valence-corrected chi connectivity index (χ2v) is 3.78. The average Bonchev–Trinajstić information content (AvgIpc) is 2.48. The zero-order chi connectivity index (χ0) is 11.4. The molecule has 15 heavy (non-hydrogen) atoms. The number of hydrogen-bond acceptors (Lipinski definition) is 2. The van der Waals surface area contributed by atoms with Crippen LogP contribution in [0.15, 0.2) is 0 Å². The molecule has 0 atom stereocenters. The minimum absolute atomic E-state index is 0.225. The van der Waals surface area contributed by atoms with Crippen LogP contribution in [0, 0.1) is 11.3 Å². The van der Waals surface area contributed by atoms with Crippen LogP contribution in [0.5, 0.6) is 0 Å². The van der Waals surface area contributed by atoms with E-state index in [4.69, 9.17) is 5.26 Å². The van der Waals surface area contributed by atoms with Gasteiger partial charge < -0.3 is 5.32 Å². The molecule has 1 aliphatic rings. The van der Waals surface area contributed by atoms with Gasteiger partial charge in [0.15, 0.2) is 0 Å². The number of carbonyl (C=O) groups excluding carboxylic acids is 1. The normalized spacial score (nSPS) is 15.3. The maximum atomic E-state index is 10.6. The summed E-state index contributed by atoms with van der Waals surface area (Å²) >= 11 is 0. The number of hydrogen-bond donors (Lipinski definition) is 1. The van der Waals surface area contributed by atoms with Crippen molar-refractivity contribution in [2.45, 2.75) is 58.3 Å². The van der Waals surface area contributed by atoms with E-state index in [9.17, 15) is 4.79 Å². The predicted octanol–water partition coefficient (Wildman–Crippen LogP) is 2.77. The van der Waals surface area contributed by atoms with Gasteiger partial charge in [0.05, 0.1) is 6.07 Å². The van der Waals surface area contributed by atoms with Crippen LogP contribution in [0.2, 0.25) is 0 Å². The Morgan fingerprint density at radius 3 is 2.80 bits per heavy atom. The molecule has 0 aliphatic carbocycles. The molecule has 0 saturated carbocycles. The van der Waals surface area contributed by atoms with Crippen molar-refractivity contribution in [1.29, 1.82) is 5.26 Å². The highest BCUT2D eigenvalue weighted by molar-refractivity contribution is 5.75. The average molecular weight is 210 g/mol. The summed E-state index contributed by atoms with van der Waals surface area (Å²) in [6.07, 6.45) is 8.40. The highest BCUT2D eigenvalue weighted by Crippen LogP contribution is 2.02. The molecule has 1 rings (SSSR count). The van der Waals surface area contributed by atoms with Crippen molar-refractivity contribution in [3.8, 4) is 6.07 Å². The van der Waals surface area contributed by atoms with E-state index in [-0.39, 0.29) is 5.91 Å². The van der Waals surface area contributed by atoms with Crippen LogP contribution < -0.4 is 5.32 Å². The second kappa shape index (κ2) is 11.0. The number of unbranched alkanes of at least 4 members (excludes halogenated alkanes) is 3. The van der Waals surface area contributed by atoms with Gasteiger partial charge in [-0.15, -0.1) is 0 Å². The number of nitrogens with zero attached hydrogens (tertiary/aromatic N) is 1. The first kappa shape index (κ1) is 14.0. The maximum Gasteiger partial charge on any atom is 0.219 e. The monoisotopic (exact) mass is 210 g/mol. The Morgan fingerprint density at radius 1 is 1.33 bits per heavy atom. The van der Waals surface area contributed by atoms with Crippen LogP contribution in [0.1, 0.15) is 58.3 Å². The van der Waals surface area contributed by atoms with Gasteiger partial charge in [-0.2, -0.15) is 5.26 Å². The summed E-state index contributed by atoms with van der Waals surface area (Å²) in [6, 6.07) is 2.10. The molecule has 3 heteroatoms. The summed E-state index contributed by atoms with van der Waals surface area (Å²) in [5, 5.41) is 10.8. The van der Waals surface area contributed by atoms with Gasteiger partial charge in [-0.3, -0.25) is 4.79 Å². The first-order chi connectivity index (χ1) is 7.31. The summed E-state index contributed by atoms with van der Waals surface area (Å²) in [7, 11) is 0. The number of nitriles is 1. The SMILES string of the molecule is CCCCCC#N.O=C1CCCCCN1. The first-order valence-electron chi connectivity index (χ1n) is 5.95. The fraction of sp³-hybridized carbons (Fsp3) is 0.833. The fourth-order valence-electron chi connectivity index (χ4n) is 1.36. The van der Waals surface area contributed by atoms with E-state index >= 15 is 0 Å². The summed E-state index contributed by atoms with van der Waals surface area (Å²) in [5.41, 5.74) is 0. The molecule has 0 bridgehead atoms. The number of amides is 1. The summed E-state index contributed by atoms with van der Waals surface area (Å²) in [5.74, 6) is 0.225. The smallest absolute Gasteiger partial charge is 0.219 e. The lowest BCUT2D eigenvalue weighted by atomic mass is 10.2. The van der Waals surface area contributed by atoms with Gasteiger partial charge in [0.2, 0.25) is 5.91 Å². The van der Waals surface area contributed by atoms with Crippen molar-refractivity contribution in [3.05, 3.63) is 0 Å². The Bertz CT molecular complexity index is 186. The van der Waals surface area contributed by atoms with E-state index in [2.05, 4.69) is 18.3 Å². The second-order valence-electron chi connectivity index (χ2n) is 3.78. The lowest BCUT2D eigenvalue weighted by molar-refractivity contribution is -0.120. The highest BCUT2D eigenvalue weighted by Gasteiger charge is 2.03. The van der Waals surface area contributed by atoms with Crippen molar-refractivity contribution < 1.29 is 4.79 Å². The van der Waals surface area contributed by atoms with Crippen molar-refractivity contribution in [1.82, 2.24) is 5.32 Å². The van der Waals surface area contributed by atoms with E-state index in [1.165, 1.54) is 19.3 Å². The quantitative estimate of drug-likeness (QED) is 0.728. The number of carbonyl (C=O) groups is 1. The molecule has 3 nitrogen and oxygen atoms in total. The van der Waals surface area contributed by atoms with E-state index in [0.29, 0.717) is 0 Å². The Morgan fingerprint density at radius 2 is 2.13 bits per heavy atom. The van der Waals surface area contributed by atoms with Crippen molar-refractivity contribution in [2.24, 2.45) is 0 Å². The molecule has 0 spiro atoms. The molecular weight excluding hydrogens is 188 g/mol. The van der Waals surface area contributed by atoms with E-state index in [0.717, 1.165) is 38.6 Å². The fourth-order valence-corrected chi connectivity index (χ4v) is 1.36. The Balaban J connectivity index is 0.000000265. The lowest BCUT2D eigenvalue weighted by Crippen LogP contribution is -2.21.